The third kappa shape index (κ3) is 2.56. The minimum absolute atomic E-state index is 0.0777. The molecule has 0 atom stereocenters. The molecule has 4 aromatic rings. The minimum atomic E-state index is -0.494. The quantitative estimate of drug-likeness (QED) is 0.390. The molecule has 2 aromatic carbocycles. The van der Waals surface area contributed by atoms with Gasteiger partial charge in [0.25, 0.3) is 11.2 Å². The maximum absolute atomic E-state index is 12.9. The molecule has 0 unspecified atom stereocenters. The van der Waals surface area contributed by atoms with Gasteiger partial charge in [-0.3, -0.25) is 14.9 Å². The van der Waals surface area contributed by atoms with E-state index in [1.54, 1.807) is 10.5 Å². The van der Waals surface area contributed by atoms with Crippen LogP contribution in [0, 0.1) is 24.0 Å². The summed E-state index contributed by atoms with van der Waals surface area (Å²) < 4.78 is 2.01. The van der Waals surface area contributed by atoms with E-state index in [0.29, 0.717) is 20.1 Å². The Kier molecular flexibility index (Phi) is 3.78. The second kappa shape index (κ2) is 5.89. The van der Waals surface area contributed by atoms with E-state index < -0.39 is 4.92 Å². The van der Waals surface area contributed by atoms with Crippen LogP contribution in [0.25, 0.3) is 22.1 Å². The van der Waals surface area contributed by atoms with Crippen LogP contribution in [0.4, 0.5) is 5.69 Å². The summed E-state index contributed by atoms with van der Waals surface area (Å²) in [5.41, 5.74) is 3.78. The van der Waals surface area contributed by atoms with E-state index in [9.17, 15) is 14.9 Å². The predicted octanol–water partition coefficient (Wildman–Crippen LogP) is 3.64. The summed E-state index contributed by atoms with van der Waals surface area (Å²) in [5, 5.41) is 11.3. The Bertz CT molecular complexity index is 1320. The maximum Gasteiger partial charge on any atom is 0.274 e. The van der Waals surface area contributed by atoms with Crippen molar-refractivity contribution in [1.82, 2.24) is 9.38 Å². The largest absolute Gasteiger partial charge is 0.274 e. The van der Waals surface area contributed by atoms with Gasteiger partial charge in [-0.05, 0) is 43.2 Å². The third-order valence-corrected chi connectivity index (χ3v) is 5.47. The molecule has 0 bridgehead atoms. The van der Waals surface area contributed by atoms with Crippen molar-refractivity contribution < 1.29 is 4.92 Å². The molecule has 2 aromatic heterocycles. The van der Waals surface area contributed by atoms with Gasteiger partial charge >= 0.3 is 0 Å². The number of aryl methyl sites for hydroxylation is 2. The average molecular weight is 386 g/mol. The third-order valence-electron chi connectivity index (χ3n) is 4.16. The Morgan fingerprint density at radius 3 is 2.77 bits per heavy atom. The van der Waals surface area contributed by atoms with Gasteiger partial charge in [-0.1, -0.05) is 29.0 Å². The Balaban J connectivity index is 2.01. The number of nitro groups is 1. The number of imidazole rings is 1. The highest BCUT2D eigenvalue weighted by molar-refractivity contribution is 7.15. The molecule has 0 amide bonds. The number of hydrogen-bond donors (Lipinski definition) is 0. The van der Waals surface area contributed by atoms with E-state index in [1.807, 2.05) is 26.0 Å². The van der Waals surface area contributed by atoms with Crippen LogP contribution < -0.4 is 10.1 Å². The molecule has 0 radical (unpaired) electrons. The highest BCUT2D eigenvalue weighted by Crippen LogP contribution is 2.24. The summed E-state index contributed by atoms with van der Waals surface area (Å²) >= 11 is 7.38. The van der Waals surface area contributed by atoms with Crippen LogP contribution in [-0.2, 0) is 0 Å². The second-order valence-corrected chi connectivity index (χ2v) is 7.47. The molecular weight excluding hydrogens is 374 g/mol. The molecule has 0 aliphatic carbocycles. The lowest BCUT2D eigenvalue weighted by Gasteiger charge is -1.98. The summed E-state index contributed by atoms with van der Waals surface area (Å²) in [6.45, 7) is 3.94. The van der Waals surface area contributed by atoms with Gasteiger partial charge in [-0.15, -0.1) is 0 Å². The van der Waals surface area contributed by atoms with Gasteiger partial charge in [0, 0.05) is 22.7 Å². The Morgan fingerprint density at radius 2 is 2.04 bits per heavy atom. The van der Waals surface area contributed by atoms with E-state index in [4.69, 9.17) is 11.6 Å². The summed E-state index contributed by atoms with van der Waals surface area (Å²) in [5.74, 6) is 0. The molecule has 4 rings (SSSR count). The maximum atomic E-state index is 12.9. The van der Waals surface area contributed by atoms with E-state index in [0.717, 1.165) is 22.2 Å². The van der Waals surface area contributed by atoms with Crippen LogP contribution in [0.5, 0.6) is 0 Å². The van der Waals surface area contributed by atoms with Crippen molar-refractivity contribution in [3.8, 4) is 0 Å². The average Bonchev–Trinajstić information content (AvgIpc) is 3.07. The molecule has 0 saturated carbocycles. The van der Waals surface area contributed by atoms with Gasteiger partial charge in [-0.25, -0.2) is 9.38 Å². The van der Waals surface area contributed by atoms with Gasteiger partial charge in [0.1, 0.15) is 0 Å². The van der Waals surface area contributed by atoms with E-state index in [1.165, 1.54) is 29.5 Å². The molecule has 0 spiro atoms. The Hall–Kier alpha value is -2.77. The SMILES string of the molecule is Cc1cc(C)c2nc3sc(=Cc4cc([N+](=O)[O-])ccc4Cl)c(=O)n3c2c1. The van der Waals surface area contributed by atoms with Crippen LogP contribution in [0.2, 0.25) is 5.02 Å². The number of non-ortho nitro benzene ring substituents is 1. The van der Waals surface area contributed by atoms with Crippen LogP contribution in [0.1, 0.15) is 16.7 Å². The zero-order valence-corrected chi connectivity index (χ0v) is 15.4. The molecule has 8 heteroatoms. The molecule has 0 N–H and O–H groups in total. The lowest BCUT2D eigenvalue weighted by molar-refractivity contribution is -0.384. The first kappa shape index (κ1) is 16.7. The summed E-state index contributed by atoms with van der Waals surface area (Å²) in [4.78, 5) is 28.5. The fraction of sp³-hybridized carbons (Fsp3) is 0.111. The highest BCUT2D eigenvalue weighted by atomic mass is 35.5. The Labute approximate surface area is 156 Å². The van der Waals surface area contributed by atoms with Crippen molar-refractivity contribution in [2.45, 2.75) is 13.8 Å². The summed E-state index contributed by atoms with van der Waals surface area (Å²) in [6, 6.07) is 8.10. The van der Waals surface area contributed by atoms with E-state index >= 15 is 0 Å². The van der Waals surface area contributed by atoms with E-state index in [-0.39, 0.29) is 11.2 Å². The topological polar surface area (TPSA) is 77.5 Å². The number of halogens is 1. The van der Waals surface area contributed by atoms with Crippen molar-refractivity contribution in [2.24, 2.45) is 0 Å². The zero-order chi connectivity index (χ0) is 18.6. The van der Waals surface area contributed by atoms with Crippen molar-refractivity contribution in [1.29, 1.82) is 0 Å². The van der Waals surface area contributed by atoms with Gasteiger partial charge in [-0.2, -0.15) is 0 Å². The Morgan fingerprint density at radius 1 is 1.27 bits per heavy atom. The zero-order valence-electron chi connectivity index (χ0n) is 13.8. The number of fused-ring (bicyclic) bond motifs is 3. The van der Waals surface area contributed by atoms with Crippen LogP contribution >= 0.6 is 22.9 Å². The second-order valence-electron chi connectivity index (χ2n) is 6.06. The van der Waals surface area contributed by atoms with Gasteiger partial charge < -0.3 is 0 Å². The molecule has 0 saturated heterocycles. The first-order valence-electron chi connectivity index (χ1n) is 7.73. The molecule has 2 heterocycles. The molecule has 0 aliphatic rings. The number of rotatable bonds is 2. The van der Waals surface area contributed by atoms with Gasteiger partial charge in [0.15, 0.2) is 4.96 Å². The predicted molar refractivity (Wildman–Crippen MR) is 103 cm³/mol. The fourth-order valence-electron chi connectivity index (χ4n) is 3.01. The molecular formula is C18H12ClN3O3S. The number of benzene rings is 2. The standard InChI is InChI=1S/C18H12ClN3O3S/c1-9-5-10(2)16-14(6-9)21-17(23)15(26-18(21)20-16)8-11-7-12(22(24)25)3-4-13(11)19/h3-8H,1-2H3. The number of nitrogens with zero attached hydrogens (tertiary/aromatic N) is 3. The number of thiazole rings is 1. The van der Waals surface area contributed by atoms with Crippen LogP contribution in [-0.4, -0.2) is 14.3 Å². The number of aromatic nitrogens is 2. The van der Waals surface area contributed by atoms with Crippen LogP contribution in [0.3, 0.4) is 0 Å². The fourth-order valence-corrected chi connectivity index (χ4v) is 4.15. The van der Waals surface area contributed by atoms with Crippen LogP contribution in [0.15, 0.2) is 35.1 Å². The molecule has 6 nitrogen and oxygen atoms in total. The smallest absolute Gasteiger partial charge is 0.267 e. The van der Waals surface area contributed by atoms with Gasteiger partial charge in [0.2, 0.25) is 0 Å². The minimum Gasteiger partial charge on any atom is -0.267 e. The summed E-state index contributed by atoms with van der Waals surface area (Å²) in [7, 11) is 0. The molecule has 26 heavy (non-hydrogen) atoms. The van der Waals surface area contributed by atoms with Crippen molar-refractivity contribution in [3.63, 3.8) is 0 Å². The monoisotopic (exact) mass is 385 g/mol. The molecule has 0 aliphatic heterocycles. The lowest BCUT2D eigenvalue weighted by atomic mass is 10.1. The van der Waals surface area contributed by atoms with Crippen molar-refractivity contribution >= 4 is 50.7 Å². The highest BCUT2D eigenvalue weighted by Gasteiger charge is 2.14. The molecule has 130 valence electrons. The van der Waals surface area contributed by atoms with Gasteiger partial charge in [0.05, 0.1) is 20.5 Å². The van der Waals surface area contributed by atoms with Crippen molar-refractivity contribution in [2.75, 3.05) is 0 Å². The molecule has 0 fully saturated rings. The number of nitro benzene ring substituents is 1. The first-order chi connectivity index (χ1) is 12.3. The lowest BCUT2D eigenvalue weighted by Crippen LogP contribution is -2.22. The normalized spacial score (nSPS) is 12.3. The van der Waals surface area contributed by atoms with Crippen molar-refractivity contribution in [3.05, 3.63) is 77.0 Å². The van der Waals surface area contributed by atoms with E-state index in [2.05, 4.69) is 4.98 Å². The number of hydrogen-bond acceptors (Lipinski definition) is 5. The first-order valence-corrected chi connectivity index (χ1v) is 8.92. The summed E-state index contributed by atoms with van der Waals surface area (Å²) in [6.07, 6.45) is 1.57.